The second-order valence-electron chi connectivity index (χ2n) is 3.50. The van der Waals surface area contributed by atoms with Gasteiger partial charge in [-0.3, -0.25) is 4.79 Å². The number of aromatic carboxylic acids is 1. The first-order valence-corrected chi connectivity index (χ1v) is 4.98. The van der Waals surface area contributed by atoms with E-state index in [1.54, 1.807) is 0 Å². The maximum Gasteiger partial charge on any atom is 0.336 e. The highest BCUT2D eigenvalue weighted by Gasteiger charge is 2.15. The molecule has 0 aliphatic carbocycles. The quantitative estimate of drug-likeness (QED) is 0.832. The molecule has 1 aromatic heterocycles. The topological polar surface area (TPSA) is 91.3 Å². The van der Waals surface area contributed by atoms with Crippen molar-refractivity contribution >= 4 is 12.3 Å². The summed E-state index contributed by atoms with van der Waals surface area (Å²) in [6.07, 6.45) is 0.526. The number of carboxylic acids is 1. The molecule has 0 saturated heterocycles. The summed E-state index contributed by atoms with van der Waals surface area (Å²) in [5.41, 5.74) is 0.606. The average molecular weight is 241 g/mol. The number of nitriles is 1. The lowest BCUT2D eigenvalue weighted by Gasteiger charge is -2.03. The minimum Gasteiger partial charge on any atom is -0.478 e. The van der Waals surface area contributed by atoms with Crippen LogP contribution in [-0.2, 0) is 0 Å². The highest BCUT2D eigenvalue weighted by molar-refractivity contribution is 5.95. The molecule has 1 heterocycles. The van der Waals surface area contributed by atoms with Gasteiger partial charge in [-0.25, -0.2) is 4.79 Å². The van der Waals surface area contributed by atoms with Crippen LogP contribution in [0.25, 0.3) is 11.3 Å². The fourth-order valence-electron chi connectivity index (χ4n) is 1.57. The summed E-state index contributed by atoms with van der Waals surface area (Å²) in [6, 6.07) is 9.01. The van der Waals surface area contributed by atoms with E-state index in [2.05, 4.69) is 0 Å². The lowest BCUT2D eigenvalue weighted by Crippen LogP contribution is -1.99. The van der Waals surface area contributed by atoms with E-state index >= 15 is 0 Å². The largest absolute Gasteiger partial charge is 0.478 e. The van der Waals surface area contributed by atoms with E-state index in [1.807, 2.05) is 6.07 Å². The summed E-state index contributed by atoms with van der Waals surface area (Å²) in [7, 11) is 0. The molecule has 0 amide bonds. The number of aldehydes is 1. The van der Waals surface area contributed by atoms with Crippen LogP contribution in [0.1, 0.15) is 26.5 Å². The zero-order chi connectivity index (χ0) is 13.1. The van der Waals surface area contributed by atoms with E-state index in [4.69, 9.17) is 14.8 Å². The van der Waals surface area contributed by atoms with E-state index in [-0.39, 0.29) is 22.6 Å². The molecule has 2 rings (SSSR count). The third-order valence-electron chi connectivity index (χ3n) is 2.39. The molecule has 0 atom stereocenters. The molecule has 0 fully saturated rings. The van der Waals surface area contributed by atoms with E-state index in [9.17, 15) is 9.59 Å². The normalized spacial score (nSPS) is 9.72. The van der Waals surface area contributed by atoms with Gasteiger partial charge in [-0.1, -0.05) is 0 Å². The number of carbonyl (C=O) groups excluding carboxylic acids is 1. The Hall–Kier alpha value is -2.87. The maximum absolute atomic E-state index is 11.1. The third-order valence-corrected chi connectivity index (χ3v) is 2.39. The first-order chi connectivity index (χ1) is 8.65. The van der Waals surface area contributed by atoms with Crippen LogP contribution in [0.4, 0.5) is 0 Å². The molecule has 5 heteroatoms. The van der Waals surface area contributed by atoms with Gasteiger partial charge in [-0.05, 0) is 30.3 Å². The summed E-state index contributed by atoms with van der Waals surface area (Å²) >= 11 is 0. The molecular weight excluding hydrogens is 234 g/mol. The van der Waals surface area contributed by atoms with Crippen LogP contribution >= 0.6 is 0 Å². The van der Waals surface area contributed by atoms with Crippen LogP contribution in [0.3, 0.4) is 0 Å². The van der Waals surface area contributed by atoms with Crippen molar-refractivity contribution in [1.82, 2.24) is 0 Å². The predicted octanol–water partition coefficient (Wildman–Crippen LogP) is 2.33. The van der Waals surface area contributed by atoms with E-state index in [1.165, 1.54) is 30.3 Å². The highest BCUT2D eigenvalue weighted by atomic mass is 16.4. The summed E-state index contributed by atoms with van der Waals surface area (Å²) in [5, 5.41) is 17.9. The van der Waals surface area contributed by atoms with Crippen molar-refractivity contribution in [3.05, 3.63) is 47.2 Å². The number of carboxylic acid groups (broad SMARTS) is 1. The van der Waals surface area contributed by atoms with E-state index < -0.39 is 5.97 Å². The Bertz CT molecular complexity index is 664. The number of carbonyl (C=O) groups is 2. The molecule has 0 aliphatic heterocycles. The molecular formula is C13H7NO4. The lowest BCUT2D eigenvalue weighted by molar-refractivity contribution is 0.0697. The molecule has 0 unspecified atom stereocenters. The van der Waals surface area contributed by atoms with Gasteiger partial charge in [-0.2, -0.15) is 5.26 Å². The number of furan rings is 1. The number of rotatable bonds is 3. The van der Waals surface area contributed by atoms with Gasteiger partial charge in [0.05, 0.1) is 17.2 Å². The minimum atomic E-state index is -1.13. The molecule has 1 N–H and O–H groups in total. The third kappa shape index (κ3) is 1.99. The molecule has 1 aromatic carbocycles. The van der Waals surface area contributed by atoms with Gasteiger partial charge < -0.3 is 9.52 Å². The molecule has 18 heavy (non-hydrogen) atoms. The average Bonchev–Trinajstić information content (AvgIpc) is 2.86. The molecule has 0 saturated carbocycles. The van der Waals surface area contributed by atoms with Crippen molar-refractivity contribution in [1.29, 1.82) is 5.26 Å². The molecule has 88 valence electrons. The Morgan fingerprint density at radius 3 is 2.67 bits per heavy atom. The van der Waals surface area contributed by atoms with Crippen molar-refractivity contribution in [2.75, 3.05) is 0 Å². The summed E-state index contributed by atoms with van der Waals surface area (Å²) in [4.78, 5) is 21.6. The standard InChI is InChI=1S/C13H7NO4/c14-6-8-1-3-10(13(16)17)11(5-8)12-4-2-9(7-15)18-12/h1-5,7H,(H,16,17). The first kappa shape index (κ1) is 11.6. The lowest BCUT2D eigenvalue weighted by atomic mass is 10.0. The molecule has 2 aromatic rings. The Labute approximate surface area is 102 Å². The van der Waals surface area contributed by atoms with Gasteiger partial charge in [-0.15, -0.1) is 0 Å². The van der Waals surface area contributed by atoms with Crippen LogP contribution in [0, 0.1) is 11.3 Å². The fraction of sp³-hybridized carbons (Fsp3) is 0. The Morgan fingerprint density at radius 2 is 2.11 bits per heavy atom. The Kier molecular flexibility index (Phi) is 2.94. The summed E-state index contributed by atoms with van der Waals surface area (Å²) in [6.45, 7) is 0. The predicted molar refractivity (Wildman–Crippen MR) is 61.2 cm³/mol. The second kappa shape index (κ2) is 4.55. The number of hydrogen-bond acceptors (Lipinski definition) is 4. The molecule has 5 nitrogen and oxygen atoms in total. The minimum absolute atomic E-state index is 0.0146. The van der Waals surface area contributed by atoms with Crippen LogP contribution in [0.2, 0.25) is 0 Å². The van der Waals surface area contributed by atoms with Crippen molar-refractivity contribution in [3.63, 3.8) is 0 Å². The maximum atomic E-state index is 11.1. The number of hydrogen-bond donors (Lipinski definition) is 1. The first-order valence-electron chi connectivity index (χ1n) is 4.98. The highest BCUT2D eigenvalue weighted by Crippen LogP contribution is 2.26. The van der Waals surface area contributed by atoms with Gasteiger partial charge in [0, 0.05) is 5.56 Å². The summed E-state index contributed by atoms with van der Waals surface area (Å²) < 4.78 is 5.17. The monoisotopic (exact) mass is 241 g/mol. The Balaban J connectivity index is 2.63. The van der Waals surface area contributed by atoms with Gasteiger partial charge in [0.2, 0.25) is 0 Å². The van der Waals surface area contributed by atoms with Gasteiger partial charge in [0.25, 0.3) is 0 Å². The molecule has 0 radical (unpaired) electrons. The van der Waals surface area contributed by atoms with Crippen LogP contribution in [-0.4, -0.2) is 17.4 Å². The zero-order valence-electron chi connectivity index (χ0n) is 9.08. The van der Waals surface area contributed by atoms with Crippen LogP contribution < -0.4 is 0 Å². The SMILES string of the molecule is N#Cc1ccc(C(=O)O)c(-c2ccc(C=O)o2)c1. The number of nitrogens with zero attached hydrogens (tertiary/aromatic N) is 1. The second-order valence-corrected chi connectivity index (χ2v) is 3.50. The molecule has 0 bridgehead atoms. The molecule has 0 aliphatic rings. The van der Waals surface area contributed by atoms with Gasteiger partial charge >= 0.3 is 5.97 Å². The zero-order valence-corrected chi connectivity index (χ0v) is 9.08. The fourth-order valence-corrected chi connectivity index (χ4v) is 1.57. The van der Waals surface area contributed by atoms with Crippen molar-refractivity contribution in [2.45, 2.75) is 0 Å². The van der Waals surface area contributed by atoms with Gasteiger partial charge in [0.1, 0.15) is 5.76 Å². The summed E-state index contributed by atoms with van der Waals surface area (Å²) in [5.74, 6) is -0.783. The van der Waals surface area contributed by atoms with E-state index in [0.717, 1.165) is 0 Å². The Morgan fingerprint density at radius 1 is 1.33 bits per heavy atom. The van der Waals surface area contributed by atoms with Crippen molar-refractivity contribution < 1.29 is 19.1 Å². The van der Waals surface area contributed by atoms with Crippen LogP contribution in [0.5, 0.6) is 0 Å². The number of benzene rings is 1. The smallest absolute Gasteiger partial charge is 0.336 e. The van der Waals surface area contributed by atoms with E-state index in [0.29, 0.717) is 11.8 Å². The van der Waals surface area contributed by atoms with Gasteiger partial charge in [0.15, 0.2) is 12.0 Å². The van der Waals surface area contributed by atoms with Crippen LogP contribution in [0.15, 0.2) is 34.7 Å². The molecule has 0 spiro atoms. The van der Waals surface area contributed by atoms with Crippen molar-refractivity contribution in [3.8, 4) is 17.4 Å². The van der Waals surface area contributed by atoms with Crippen molar-refractivity contribution in [2.24, 2.45) is 0 Å².